The zero-order valence-electron chi connectivity index (χ0n) is 10.3. The summed E-state index contributed by atoms with van der Waals surface area (Å²) in [5, 5.41) is 8.83. The van der Waals surface area contributed by atoms with Gasteiger partial charge in [0.1, 0.15) is 0 Å². The van der Waals surface area contributed by atoms with Crippen LogP contribution in [0.3, 0.4) is 0 Å². The van der Waals surface area contributed by atoms with E-state index in [2.05, 4.69) is 6.07 Å². The lowest BCUT2D eigenvalue weighted by atomic mass is 9.96. The van der Waals surface area contributed by atoms with Crippen LogP contribution in [0, 0.1) is 17.2 Å². The molecular weight excluding hydrogens is 226 g/mol. The number of nitrogens with zero attached hydrogens (tertiary/aromatic N) is 2. The van der Waals surface area contributed by atoms with Crippen LogP contribution in [-0.4, -0.2) is 30.4 Å². The maximum Gasteiger partial charge on any atom is 0.253 e. The molecular formula is C14H17N3O. The van der Waals surface area contributed by atoms with Gasteiger partial charge in [0.25, 0.3) is 5.91 Å². The van der Waals surface area contributed by atoms with Gasteiger partial charge >= 0.3 is 0 Å². The highest BCUT2D eigenvalue weighted by atomic mass is 16.2. The molecule has 1 aromatic carbocycles. The summed E-state index contributed by atoms with van der Waals surface area (Å²) < 4.78 is 0. The molecule has 0 atom stereocenters. The highest BCUT2D eigenvalue weighted by Gasteiger charge is 2.22. The first-order valence-corrected chi connectivity index (χ1v) is 6.24. The molecule has 94 valence electrons. The predicted molar refractivity (Wildman–Crippen MR) is 68.8 cm³/mol. The molecule has 4 heteroatoms. The number of piperidine rings is 1. The van der Waals surface area contributed by atoms with Gasteiger partial charge in [0, 0.05) is 18.7 Å². The van der Waals surface area contributed by atoms with Gasteiger partial charge < -0.3 is 10.6 Å². The second kappa shape index (κ2) is 5.65. The highest BCUT2D eigenvalue weighted by Crippen LogP contribution is 2.18. The van der Waals surface area contributed by atoms with Gasteiger partial charge in [0.05, 0.1) is 11.6 Å². The Labute approximate surface area is 107 Å². The maximum atomic E-state index is 12.2. The Kier molecular flexibility index (Phi) is 3.96. The minimum atomic E-state index is 0.0163. The molecule has 0 saturated carbocycles. The molecule has 1 saturated heterocycles. The van der Waals surface area contributed by atoms with Crippen LogP contribution in [0.25, 0.3) is 0 Å². The lowest BCUT2D eigenvalue weighted by Crippen LogP contribution is -2.40. The van der Waals surface area contributed by atoms with E-state index in [0.717, 1.165) is 25.9 Å². The van der Waals surface area contributed by atoms with E-state index < -0.39 is 0 Å². The number of benzene rings is 1. The van der Waals surface area contributed by atoms with Gasteiger partial charge in [-0.15, -0.1) is 0 Å². The Morgan fingerprint density at radius 1 is 1.44 bits per heavy atom. The third-order valence-electron chi connectivity index (χ3n) is 3.47. The van der Waals surface area contributed by atoms with E-state index in [9.17, 15) is 4.79 Å². The van der Waals surface area contributed by atoms with E-state index in [1.54, 1.807) is 24.3 Å². The largest absolute Gasteiger partial charge is 0.339 e. The molecule has 0 aliphatic carbocycles. The van der Waals surface area contributed by atoms with Crippen molar-refractivity contribution in [3.05, 3.63) is 35.4 Å². The maximum absolute atomic E-state index is 12.2. The lowest BCUT2D eigenvalue weighted by Gasteiger charge is -2.31. The van der Waals surface area contributed by atoms with Gasteiger partial charge in [-0.05, 0) is 43.5 Å². The van der Waals surface area contributed by atoms with Crippen LogP contribution >= 0.6 is 0 Å². The number of nitrogens with two attached hydrogens (primary N) is 1. The van der Waals surface area contributed by atoms with E-state index in [4.69, 9.17) is 11.0 Å². The summed E-state index contributed by atoms with van der Waals surface area (Å²) in [6, 6.07) is 8.92. The molecule has 0 bridgehead atoms. The first-order chi connectivity index (χ1) is 8.74. The fourth-order valence-corrected chi connectivity index (χ4v) is 2.28. The van der Waals surface area contributed by atoms with Crippen molar-refractivity contribution in [1.29, 1.82) is 5.26 Å². The third kappa shape index (κ3) is 2.69. The molecule has 1 aliphatic rings. The number of rotatable bonds is 2. The van der Waals surface area contributed by atoms with Crippen LogP contribution in [0.5, 0.6) is 0 Å². The predicted octanol–water partition coefficient (Wildman–Crippen LogP) is 1.37. The summed E-state index contributed by atoms with van der Waals surface area (Å²) in [6.45, 7) is 2.22. The van der Waals surface area contributed by atoms with E-state index in [1.165, 1.54) is 0 Å². The Hall–Kier alpha value is -1.86. The number of hydrogen-bond acceptors (Lipinski definition) is 3. The first kappa shape index (κ1) is 12.6. The van der Waals surface area contributed by atoms with Crippen molar-refractivity contribution in [1.82, 2.24) is 4.90 Å². The van der Waals surface area contributed by atoms with Crippen LogP contribution in [0.1, 0.15) is 28.8 Å². The van der Waals surface area contributed by atoms with Gasteiger partial charge in [-0.2, -0.15) is 5.26 Å². The number of carbonyl (C=O) groups is 1. The molecule has 0 spiro atoms. The number of amides is 1. The van der Waals surface area contributed by atoms with Crippen molar-refractivity contribution in [2.24, 2.45) is 11.7 Å². The fraction of sp³-hybridized carbons (Fsp3) is 0.429. The number of likely N-dealkylation sites (tertiary alicyclic amines) is 1. The monoisotopic (exact) mass is 243 g/mol. The number of nitriles is 1. The summed E-state index contributed by atoms with van der Waals surface area (Å²) >= 11 is 0. The molecule has 2 rings (SSSR count). The molecule has 0 radical (unpaired) electrons. The van der Waals surface area contributed by atoms with Gasteiger partial charge in [-0.25, -0.2) is 0 Å². The number of carbonyl (C=O) groups excluding carboxylic acids is 1. The second-order valence-corrected chi connectivity index (χ2v) is 4.66. The Morgan fingerprint density at radius 2 is 2.17 bits per heavy atom. The normalized spacial score (nSPS) is 16.3. The molecule has 1 aromatic rings. The van der Waals surface area contributed by atoms with Gasteiger partial charge in [0.15, 0.2) is 0 Å². The standard InChI is InChI=1S/C14H17N3O/c15-9-11-4-6-17(7-5-11)14(18)13-3-1-2-12(8-13)10-16/h1-3,8,11H,4-7,9,15H2. The fourth-order valence-electron chi connectivity index (χ4n) is 2.28. The summed E-state index contributed by atoms with van der Waals surface area (Å²) in [6.07, 6.45) is 1.94. The summed E-state index contributed by atoms with van der Waals surface area (Å²) in [5.41, 5.74) is 6.76. The Bertz CT molecular complexity index is 470. The van der Waals surface area contributed by atoms with Crippen LogP contribution in [-0.2, 0) is 0 Å². The summed E-state index contributed by atoms with van der Waals surface area (Å²) in [4.78, 5) is 14.1. The zero-order chi connectivity index (χ0) is 13.0. The average Bonchev–Trinajstić information content (AvgIpc) is 2.46. The Balaban J connectivity index is 2.06. The van der Waals surface area contributed by atoms with Crippen LogP contribution in [0.4, 0.5) is 0 Å². The SMILES string of the molecule is N#Cc1cccc(C(=O)N2CCC(CN)CC2)c1. The molecule has 4 nitrogen and oxygen atoms in total. The molecule has 1 heterocycles. The highest BCUT2D eigenvalue weighted by molar-refractivity contribution is 5.94. The lowest BCUT2D eigenvalue weighted by molar-refractivity contribution is 0.0693. The van der Waals surface area contributed by atoms with Crippen molar-refractivity contribution in [3.63, 3.8) is 0 Å². The van der Waals surface area contributed by atoms with Crippen LogP contribution < -0.4 is 5.73 Å². The minimum absolute atomic E-state index is 0.0163. The Morgan fingerprint density at radius 3 is 2.78 bits per heavy atom. The van der Waals surface area contributed by atoms with Crippen molar-refractivity contribution in [3.8, 4) is 6.07 Å². The average molecular weight is 243 g/mol. The third-order valence-corrected chi connectivity index (χ3v) is 3.47. The van der Waals surface area contributed by atoms with E-state index >= 15 is 0 Å². The summed E-state index contributed by atoms with van der Waals surface area (Å²) in [5.74, 6) is 0.557. The van der Waals surface area contributed by atoms with E-state index in [1.807, 2.05) is 4.90 Å². The molecule has 0 aromatic heterocycles. The summed E-state index contributed by atoms with van der Waals surface area (Å²) in [7, 11) is 0. The van der Waals surface area contributed by atoms with Crippen LogP contribution in [0.15, 0.2) is 24.3 Å². The second-order valence-electron chi connectivity index (χ2n) is 4.66. The quantitative estimate of drug-likeness (QED) is 0.852. The minimum Gasteiger partial charge on any atom is -0.339 e. The van der Waals surface area contributed by atoms with Crippen molar-refractivity contribution >= 4 is 5.91 Å². The topological polar surface area (TPSA) is 70.1 Å². The van der Waals surface area contributed by atoms with Gasteiger partial charge in [-0.1, -0.05) is 6.07 Å². The van der Waals surface area contributed by atoms with Gasteiger partial charge in [0.2, 0.25) is 0 Å². The van der Waals surface area contributed by atoms with Crippen molar-refractivity contribution in [2.45, 2.75) is 12.8 Å². The zero-order valence-corrected chi connectivity index (χ0v) is 10.3. The molecule has 1 fully saturated rings. The van der Waals surface area contributed by atoms with E-state index in [0.29, 0.717) is 23.6 Å². The molecule has 2 N–H and O–H groups in total. The van der Waals surface area contributed by atoms with Crippen molar-refractivity contribution < 1.29 is 4.79 Å². The molecule has 0 unspecified atom stereocenters. The first-order valence-electron chi connectivity index (χ1n) is 6.24. The van der Waals surface area contributed by atoms with E-state index in [-0.39, 0.29) is 5.91 Å². The molecule has 1 amide bonds. The number of hydrogen-bond donors (Lipinski definition) is 1. The molecule has 18 heavy (non-hydrogen) atoms. The van der Waals surface area contributed by atoms with Crippen molar-refractivity contribution in [2.75, 3.05) is 19.6 Å². The van der Waals surface area contributed by atoms with Crippen LogP contribution in [0.2, 0.25) is 0 Å². The van der Waals surface area contributed by atoms with Gasteiger partial charge in [-0.3, -0.25) is 4.79 Å². The smallest absolute Gasteiger partial charge is 0.253 e. The molecule has 1 aliphatic heterocycles.